The SMILES string of the molecule is CC(=O)O[C@@H]1CN(Cc2ccc(Cl)cc2)CC[C@@](C#N)(c2ccccc2)C1. The fourth-order valence-corrected chi connectivity index (χ4v) is 3.90. The summed E-state index contributed by atoms with van der Waals surface area (Å²) >= 11 is 5.98. The summed E-state index contributed by atoms with van der Waals surface area (Å²) in [6, 6.07) is 20.1. The van der Waals surface area contributed by atoms with Crippen LogP contribution >= 0.6 is 11.6 Å². The summed E-state index contributed by atoms with van der Waals surface area (Å²) in [7, 11) is 0. The molecule has 4 nitrogen and oxygen atoms in total. The standard InChI is InChI=1S/C22H23ClN2O2/c1-17(26)27-21-13-22(16-24,19-5-3-2-4-6-19)11-12-25(15-21)14-18-7-9-20(23)10-8-18/h2-10,21H,11-15H2,1H3/t21-,22+/m0/s1. The summed E-state index contributed by atoms with van der Waals surface area (Å²) in [5.74, 6) is -0.312. The second-order valence-corrected chi connectivity index (χ2v) is 7.54. The smallest absolute Gasteiger partial charge is 0.302 e. The van der Waals surface area contributed by atoms with Gasteiger partial charge >= 0.3 is 5.97 Å². The van der Waals surface area contributed by atoms with Gasteiger partial charge in [0, 0.05) is 38.0 Å². The van der Waals surface area contributed by atoms with Gasteiger partial charge in [0.25, 0.3) is 0 Å². The van der Waals surface area contributed by atoms with Crippen molar-refractivity contribution in [3.8, 4) is 6.07 Å². The van der Waals surface area contributed by atoms with Gasteiger partial charge in [0.2, 0.25) is 0 Å². The maximum absolute atomic E-state index is 11.6. The van der Waals surface area contributed by atoms with Crippen LogP contribution in [0.25, 0.3) is 0 Å². The number of rotatable bonds is 4. The molecule has 3 rings (SSSR count). The van der Waals surface area contributed by atoms with E-state index in [-0.39, 0.29) is 12.1 Å². The van der Waals surface area contributed by atoms with Crippen LogP contribution in [0.4, 0.5) is 0 Å². The summed E-state index contributed by atoms with van der Waals surface area (Å²) in [4.78, 5) is 13.9. The van der Waals surface area contributed by atoms with Crippen molar-refractivity contribution in [2.45, 2.75) is 37.8 Å². The number of esters is 1. The molecule has 1 saturated heterocycles. The Morgan fingerprint density at radius 2 is 1.96 bits per heavy atom. The van der Waals surface area contributed by atoms with E-state index in [2.05, 4.69) is 11.0 Å². The highest BCUT2D eigenvalue weighted by Crippen LogP contribution is 2.36. The molecular formula is C22H23ClN2O2. The molecule has 27 heavy (non-hydrogen) atoms. The van der Waals surface area contributed by atoms with Crippen LogP contribution in [0.1, 0.15) is 30.9 Å². The Balaban J connectivity index is 1.85. The highest BCUT2D eigenvalue weighted by Gasteiger charge is 2.39. The van der Waals surface area contributed by atoms with E-state index < -0.39 is 5.41 Å². The number of benzene rings is 2. The quantitative estimate of drug-likeness (QED) is 0.738. The lowest BCUT2D eigenvalue weighted by atomic mass is 9.75. The third kappa shape index (κ3) is 4.88. The summed E-state index contributed by atoms with van der Waals surface area (Å²) in [6.07, 6.45) is 0.875. The molecule has 0 saturated carbocycles. The number of halogens is 1. The van der Waals surface area contributed by atoms with Crippen molar-refractivity contribution >= 4 is 17.6 Å². The predicted molar refractivity (Wildman–Crippen MR) is 105 cm³/mol. The van der Waals surface area contributed by atoms with Crippen LogP contribution in [0.15, 0.2) is 54.6 Å². The first-order valence-corrected chi connectivity index (χ1v) is 9.49. The molecule has 1 fully saturated rings. The second kappa shape index (κ2) is 8.56. The van der Waals surface area contributed by atoms with Crippen LogP contribution in [0.2, 0.25) is 5.02 Å². The van der Waals surface area contributed by atoms with Gasteiger partial charge in [-0.3, -0.25) is 9.69 Å². The Kier molecular flexibility index (Phi) is 6.15. The zero-order valence-electron chi connectivity index (χ0n) is 15.4. The first kappa shape index (κ1) is 19.4. The number of carbonyl (C=O) groups excluding carboxylic acids is 1. The molecule has 5 heteroatoms. The number of hydrogen-bond acceptors (Lipinski definition) is 4. The van der Waals surface area contributed by atoms with E-state index >= 15 is 0 Å². The molecule has 0 amide bonds. The van der Waals surface area contributed by atoms with Crippen LogP contribution in [-0.4, -0.2) is 30.1 Å². The average Bonchev–Trinajstić information content (AvgIpc) is 2.84. The minimum atomic E-state index is -0.657. The first-order valence-electron chi connectivity index (χ1n) is 9.11. The molecule has 0 spiro atoms. The Morgan fingerprint density at radius 1 is 1.26 bits per heavy atom. The molecule has 0 bridgehead atoms. The van der Waals surface area contributed by atoms with Crippen molar-refractivity contribution in [2.75, 3.05) is 13.1 Å². The fourth-order valence-electron chi connectivity index (χ4n) is 3.77. The summed E-state index contributed by atoms with van der Waals surface area (Å²) in [5.41, 5.74) is 1.47. The lowest BCUT2D eigenvalue weighted by Gasteiger charge is -2.27. The maximum atomic E-state index is 11.6. The molecule has 2 atom stereocenters. The van der Waals surface area contributed by atoms with E-state index in [4.69, 9.17) is 16.3 Å². The van der Waals surface area contributed by atoms with Gasteiger partial charge in [-0.05, 0) is 29.7 Å². The zero-order chi connectivity index (χ0) is 19.3. The fraction of sp³-hybridized carbons (Fsp3) is 0.364. The van der Waals surface area contributed by atoms with Crippen LogP contribution in [-0.2, 0) is 21.5 Å². The highest BCUT2D eigenvalue weighted by atomic mass is 35.5. The molecule has 0 N–H and O–H groups in total. The van der Waals surface area contributed by atoms with Gasteiger partial charge in [0.05, 0.1) is 11.5 Å². The van der Waals surface area contributed by atoms with Crippen molar-refractivity contribution in [2.24, 2.45) is 0 Å². The molecule has 1 aliphatic heterocycles. The molecule has 0 radical (unpaired) electrons. The molecule has 0 unspecified atom stereocenters. The van der Waals surface area contributed by atoms with Gasteiger partial charge in [-0.25, -0.2) is 0 Å². The van der Waals surface area contributed by atoms with E-state index in [1.807, 2.05) is 54.6 Å². The lowest BCUT2D eigenvalue weighted by Crippen LogP contribution is -2.34. The zero-order valence-corrected chi connectivity index (χ0v) is 16.2. The maximum Gasteiger partial charge on any atom is 0.302 e. The van der Waals surface area contributed by atoms with Gasteiger partial charge in [0.15, 0.2) is 0 Å². The number of likely N-dealkylation sites (tertiary alicyclic amines) is 1. The first-order chi connectivity index (χ1) is 13.0. The van der Waals surface area contributed by atoms with E-state index in [1.165, 1.54) is 6.92 Å². The molecule has 0 aromatic heterocycles. The van der Waals surface area contributed by atoms with Crippen molar-refractivity contribution in [1.29, 1.82) is 5.26 Å². The molecule has 1 aliphatic rings. The Labute approximate surface area is 165 Å². The number of hydrogen-bond donors (Lipinski definition) is 0. The van der Waals surface area contributed by atoms with Crippen LogP contribution < -0.4 is 0 Å². The molecule has 0 aliphatic carbocycles. The highest BCUT2D eigenvalue weighted by molar-refractivity contribution is 6.30. The Hall–Kier alpha value is -2.35. The summed E-state index contributed by atoms with van der Waals surface area (Å²) < 4.78 is 5.58. The van der Waals surface area contributed by atoms with Crippen LogP contribution in [0.5, 0.6) is 0 Å². The predicted octanol–water partition coefficient (Wildman–Crippen LogP) is 4.33. The molecular weight excluding hydrogens is 360 g/mol. The summed E-state index contributed by atoms with van der Waals surface area (Å²) in [5, 5.41) is 10.8. The number of ether oxygens (including phenoxy) is 1. The van der Waals surface area contributed by atoms with Crippen molar-refractivity contribution in [3.63, 3.8) is 0 Å². The van der Waals surface area contributed by atoms with Crippen LogP contribution in [0.3, 0.4) is 0 Å². The van der Waals surface area contributed by atoms with Crippen molar-refractivity contribution in [3.05, 3.63) is 70.7 Å². The third-order valence-corrected chi connectivity index (χ3v) is 5.34. The minimum absolute atomic E-state index is 0.312. The Bertz CT molecular complexity index is 816. The normalized spacial score (nSPS) is 23.2. The van der Waals surface area contributed by atoms with Gasteiger partial charge in [-0.15, -0.1) is 0 Å². The van der Waals surface area contributed by atoms with E-state index in [9.17, 15) is 10.1 Å². The molecule has 140 valence electrons. The largest absolute Gasteiger partial charge is 0.461 e. The van der Waals surface area contributed by atoms with Crippen LogP contribution in [0, 0.1) is 11.3 Å². The molecule has 2 aromatic rings. The number of nitriles is 1. The van der Waals surface area contributed by atoms with E-state index in [1.54, 1.807) is 0 Å². The number of nitrogens with zero attached hydrogens (tertiary/aromatic N) is 2. The van der Waals surface area contributed by atoms with Gasteiger partial charge in [0.1, 0.15) is 6.10 Å². The molecule has 1 heterocycles. The minimum Gasteiger partial charge on any atom is -0.461 e. The van der Waals surface area contributed by atoms with Gasteiger partial charge in [-0.1, -0.05) is 54.1 Å². The number of carbonyl (C=O) groups is 1. The van der Waals surface area contributed by atoms with E-state index in [0.717, 1.165) is 24.2 Å². The van der Waals surface area contributed by atoms with Gasteiger partial charge < -0.3 is 4.74 Å². The Morgan fingerprint density at radius 3 is 2.59 bits per heavy atom. The third-order valence-electron chi connectivity index (χ3n) is 5.09. The van der Waals surface area contributed by atoms with Crippen molar-refractivity contribution in [1.82, 2.24) is 4.90 Å². The average molecular weight is 383 g/mol. The van der Waals surface area contributed by atoms with Gasteiger partial charge in [-0.2, -0.15) is 5.26 Å². The summed E-state index contributed by atoms with van der Waals surface area (Å²) in [6.45, 7) is 3.51. The lowest BCUT2D eigenvalue weighted by molar-refractivity contribution is -0.147. The topological polar surface area (TPSA) is 53.3 Å². The molecule has 2 aromatic carbocycles. The van der Waals surface area contributed by atoms with Crippen molar-refractivity contribution < 1.29 is 9.53 Å². The second-order valence-electron chi connectivity index (χ2n) is 7.11. The monoisotopic (exact) mass is 382 g/mol. The van der Waals surface area contributed by atoms with E-state index in [0.29, 0.717) is 24.4 Å².